The summed E-state index contributed by atoms with van der Waals surface area (Å²) < 4.78 is 0. The van der Waals surface area contributed by atoms with Gasteiger partial charge in [-0.25, -0.2) is 0 Å². The molecule has 0 spiro atoms. The highest BCUT2D eigenvalue weighted by Crippen LogP contribution is 2.26. The van der Waals surface area contributed by atoms with Crippen molar-refractivity contribution >= 4 is 5.97 Å². The number of hydrogen-bond donors (Lipinski definition) is 1. The molecular formula is C13H18O2. The minimum absolute atomic E-state index is 0.132. The summed E-state index contributed by atoms with van der Waals surface area (Å²) in [6.07, 6.45) is 2.26. The van der Waals surface area contributed by atoms with Crippen LogP contribution in [0.5, 0.6) is 0 Å². The number of hydrogen-bond acceptors (Lipinski definition) is 1. The predicted molar refractivity (Wildman–Crippen MR) is 61.1 cm³/mol. The predicted octanol–water partition coefficient (Wildman–Crippen LogP) is 3.22. The molecule has 0 bridgehead atoms. The van der Waals surface area contributed by atoms with Crippen molar-refractivity contribution in [1.29, 1.82) is 0 Å². The first-order valence-electron chi connectivity index (χ1n) is 5.48. The molecule has 0 unspecified atom stereocenters. The number of carboxylic acid groups (broad SMARTS) is 1. The third kappa shape index (κ3) is 3.08. The first kappa shape index (κ1) is 11.8. The molecule has 1 aromatic carbocycles. The van der Waals surface area contributed by atoms with Gasteiger partial charge in [0.1, 0.15) is 0 Å². The minimum atomic E-state index is -0.756. The average Bonchev–Trinajstić information content (AvgIpc) is 2.21. The van der Waals surface area contributed by atoms with Gasteiger partial charge in [-0.1, -0.05) is 38.1 Å². The second-order valence-corrected chi connectivity index (χ2v) is 3.78. The molecular weight excluding hydrogens is 188 g/mol. The molecule has 0 saturated heterocycles. The normalized spacial score (nSPS) is 10.6. The maximum atomic E-state index is 10.7. The molecule has 0 atom stereocenters. The zero-order valence-electron chi connectivity index (χ0n) is 9.36. The summed E-state index contributed by atoms with van der Waals surface area (Å²) in [7, 11) is 0. The van der Waals surface area contributed by atoms with Crippen LogP contribution >= 0.6 is 0 Å². The first-order valence-corrected chi connectivity index (χ1v) is 5.48. The summed E-state index contributed by atoms with van der Waals surface area (Å²) in [5, 5.41) is 8.82. The van der Waals surface area contributed by atoms with Gasteiger partial charge in [-0.05, 0) is 29.9 Å². The lowest BCUT2D eigenvalue weighted by Crippen LogP contribution is -2.06. The number of carbonyl (C=O) groups is 1. The van der Waals surface area contributed by atoms with E-state index >= 15 is 0 Å². The summed E-state index contributed by atoms with van der Waals surface area (Å²) in [6.45, 7) is 4.29. The number of rotatable bonds is 5. The molecule has 0 radical (unpaired) electrons. The Bertz CT molecular complexity index is 327. The highest BCUT2D eigenvalue weighted by molar-refractivity contribution is 5.70. The van der Waals surface area contributed by atoms with E-state index in [1.54, 1.807) is 0 Å². The van der Waals surface area contributed by atoms with Crippen LogP contribution < -0.4 is 0 Å². The Hall–Kier alpha value is -1.31. The van der Waals surface area contributed by atoms with E-state index in [0.717, 1.165) is 18.4 Å². The van der Waals surface area contributed by atoms with Crippen molar-refractivity contribution in [3.63, 3.8) is 0 Å². The fraction of sp³-hybridized carbons (Fsp3) is 0.462. The van der Waals surface area contributed by atoms with Crippen LogP contribution in [0.1, 0.15) is 43.7 Å². The van der Waals surface area contributed by atoms with E-state index in [1.165, 1.54) is 5.56 Å². The van der Waals surface area contributed by atoms with Crippen molar-refractivity contribution in [3.8, 4) is 0 Å². The molecule has 15 heavy (non-hydrogen) atoms. The maximum absolute atomic E-state index is 10.7. The fourth-order valence-corrected chi connectivity index (χ4v) is 1.98. The molecule has 1 rings (SSSR count). The molecule has 1 N–H and O–H groups in total. The Labute approximate surface area is 90.9 Å². The molecule has 0 fully saturated rings. The average molecular weight is 206 g/mol. The standard InChI is InChI=1S/C13H18O2/c1-3-10(4-2)12-8-6-5-7-11(12)9-13(14)15/h5-8,10H,3-4,9H2,1-2H3,(H,14,15). The van der Waals surface area contributed by atoms with Crippen LogP contribution in [0.2, 0.25) is 0 Å². The summed E-state index contributed by atoms with van der Waals surface area (Å²) in [4.78, 5) is 10.7. The first-order chi connectivity index (χ1) is 7.19. The highest BCUT2D eigenvalue weighted by Gasteiger charge is 2.12. The third-order valence-corrected chi connectivity index (χ3v) is 2.82. The summed E-state index contributed by atoms with van der Waals surface area (Å²) in [5.41, 5.74) is 2.16. The highest BCUT2D eigenvalue weighted by atomic mass is 16.4. The Morgan fingerprint density at radius 3 is 2.40 bits per heavy atom. The van der Waals surface area contributed by atoms with Crippen LogP contribution in [-0.2, 0) is 11.2 Å². The van der Waals surface area contributed by atoms with Gasteiger partial charge in [0.25, 0.3) is 0 Å². The summed E-state index contributed by atoms with van der Waals surface area (Å²) in [5.74, 6) is -0.269. The van der Waals surface area contributed by atoms with E-state index in [0.29, 0.717) is 5.92 Å². The number of carboxylic acids is 1. The topological polar surface area (TPSA) is 37.3 Å². The SMILES string of the molecule is CCC(CC)c1ccccc1CC(=O)O. The van der Waals surface area contributed by atoms with Crippen molar-refractivity contribution in [2.45, 2.75) is 39.0 Å². The summed E-state index contributed by atoms with van der Waals surface area (Å²) >= 11 is 0. The van der Waals surface area contributed by atoms with Gasteiger partial charge in [-0.15, -0.1) is 0 Å². The van der Waals surface area contributed by atoms with Gasteiger partial charge in [0.15, 0.2) is 0 Å². The number of benzene rings is 1. The fourth-order valence-electron chi connectivity index (χ4n) is 1.98. The lowest BCUT2D eigenvalue weighted by Gasteiger charge is -2.16. The van der Waals surface area contributed by atoms with E-state index < -0.39 is 5.97 Å². The quantitative estimate of drug-likeness (QED) is 0.803. The number of aliphatic carboxylic acids is 1. The van der Waals surface area contributed by atoms with Crippen LogP contribution in [0.25, 0.3) is 0 Å². The van der Waals surface area contributed by atoms with Crippen molar-refractivity contribution < 1.29 is 9.90 Å². The molecule has 0 aromatic heterocycles. The maximum Gasteiger partial charge on any atom is 0.307 e. The van der Waals surface area contributed by atoms with E-state index in [-0.39, 0.29) is 6.42 Å². The van der Waals surface area contributed by atoms with Gasteiger partial charge >= 0.3 is 5.97 Å². The third-order valence-electron chi connectivity index (χ3n) is 2.82. The molecule has 0 aliphatic rings. The minimum Gasteiger partial charge on any atom is -0.481 e. The molecule has 0 aliphatic heterocycles. The summed E-state index contributed by atoms with van der Waals surface area (Å²) in [6, 6.07) is 7.86. The Kier molecular flexibility index (Phi) is 4.35. The van der Waals surface area contributed by atoms with Crippen LogP contribution in [0.3, 0.4) is 0 Å². The zero-order valence-corrected chi connectivity index (χ0v) is 9.36. The van der Waals surface area contributed by atoms with Crippen LogP contribution in [0.15, 0.2) is 24.3 Å². The second kappa shape index (κ2) is 5.54. The molecule has 0 saturated carbocycles. The van der Waals surface area contributed by atoms with Crippen LogP contribution in [0, 0.1) is 0 Å². The molecule has 2 nitrogen and oxygen atoms in total. The van der Waals surface area contributed by atoms with E-state index in [2.05, 4.69) is 19.9 Å². The Balaban J connectivity index is 2.99. The van der Waals surface area contributed by atoms with Gasteiger partial charge in [-0.3, -0.25) is 4.79 Å². The molecule has 82 valence electrons. The van der Waals surface area contributed by atoms with E-state index in [9.17, 15) is 4.79 Å². The largest absolute Gasteiger partial charge is 0.481 e. The van der Waals surface area contributed by atoms with Gasteiger partial charge in [0.2, 0.25) is 0 Å². The van der Waals surface area contributed by atoms with Crippen molar-refractivity contribution in [2.24, 2.45) is 0 Å². The molecule has 0 aliphatic carbocycles. The van der Waals surface area contributed by atoms with Crippen LogP contribution in [0.4, 0.5) is 0 Å². The van der Waals surface area contributed by atoms with Crippen molar-refractivity contribution in [2.75, 3.05) is 0 Å². The van der Waals surface area contributed by atoms with Gasteiger partial charge in [0.05, 0.1) is 6.42 Å². The second-order valence-electron chi connectivity index (χ2n) is 3.78. The Morgan fingerprint density at radius 1 is 1.27 bits per heavy atom. The van der Waals surface area contributed by atoms with E-state index in [4.69, 9.17) is 5.11 Å². The molecule has 0 heterocycles. The van der Waals surface area contributed by atoms with E-state index in [1.807, 2.05) is 18.2 Å². The monoisotopic (exact) mass is 206 g/mol. The van der Waals surface area contributed by atoms with Crippen molar-refractivity contribution in [1.82, 2.24) is 0 Å². The van der Waals surface area contributed by atoms with Gasteiger partial charge in [-0.2, -0.15) is 0 Å². The molecule has 1 aromatic rings. The Morgan fingerprint density at radius 2 is 1.87 bits per heavy atom. The molecule has 2 heteroatoms. The lowest BCUT2D eigenvalue weighted by molar-refractivity contribution is -0.136. The lowest BCUT2D eigenvalue weighted by atomic mass is 9.89. The van der Waals surface area contributed by atoms with Crippen LogP contribution in [-0.4, -0.2) is 11.1 Å². The molecule has 0 amide bonds. The smallest absolute Gasteiger partial charge is 0.307 e. The van der Waals surface area contributed by atoms with Gasteiger partial charge < -0.3 is 5.11 Å². The zero-order chi connectivity index (χ0) is 11.3. The van der Waals surface area contributed by atoms with Crippen molar-refractivity contribution in [3.05, 3.63) is 35.4 Å². The van der Waals surface area contributed by atoms with Gasteiger partial charge in [0, 0.05) is 0 Å².